The standard InChI is InChI=1S/C20H27NO7S2/c1-5-25-19(23-3)27-15-9-7-14(13-16(15)28-20(24-4)26-6-2)8-10-17(22)21-11-12-30-18(21)29/h7-10,13,19-20H,5-6,11-12H2,1-4H3. The maximum Gasteiger partial charge on any atom is 0.315 e. The van der Waals surface area contributed by atoms with Crippen molar-refractivity contribution in [2.75, 3.05) is 39.7 Å². The van der Waals surface area contributed by atoms with Gasteiger partial charge in [-0.1, -0.05) is 30.0 Å². The maximum absolute atomic E-state index is 12.4. The summed E-state index contributed by atoms with van der Waals surface area (Å²) in [5.74, 6) is 1.38. The lowest BCUT2D eigenvalue weighted by Crippen LogP contribution is -2.28. The Hall–Kier alpha value is -1.69. The highest BCUT2D eigenvalue weighted by atomic mass is 32.2. The topological polar surface area (TPSA) is 75.7 Å². The third-order valence-corrected chi connectivity index (χ3v) is 5.28. The highest BCUT2D eigenvalue weighted by Gasteiger charge is 2.22. The zero-order chi connectivity index (χ0) is 21.9. The van der Waals surface area contributed by atoms with E-state index in [2.05, 4.69) is 0 Å². The Balaban J connectivity index is 2.22. The highest BCUT2D eigenvalue weighted by molar-refractivity contribution is 8.23. The van der Waals surface area contributed by atoms with Crippen LogP contribution in [0.1, 0.15) is 19.4 Å². The Morgan fingerprint density at radius 3 is 2.30 bits per heavy atom. The van der Waals surface area contributed by atoms with Gasteiger partial charge in [0.05, 0.1) is 13.2 Å². The van der Waals surface area contributed by atoms with Crippen LogP contribution in [-0.2, 0) is 23.7 Å². The summed E-state index contributed by atoms with van der Waals surface area (Å²) in [6, 6.07) is 5.18. The first-order valence-electron chi connectivity index (χ1n) is 9.44. The Labute approximate surface area is 186 Å². The van der Waals surface area contributed by atoms with E-state index < -0.39 is 13.0 Å². The van der Waals surface area contributed by atoms with Gasteiger partial charge >= 0.3 is 13.0 Å². The number of amides is 1. The number of rotatable bonds is 12. The molecule has 2 unspecified atom stereocenters. The zero-order valence-electron chi connectivity index (χ0n) is 17.5. The first-order valence-corrected chi connectivity index (χ1v) is 10.8. The van der Waals surface area contributed by atoms with Crippen LogP contribution in [0.2, 0.25) is 0 Å². The number of hydrogen-bond acceptors (Lipinski definition) is 9. The molecule has 0 aromatic heterocycles. The Kier molecular flexibility index (Phi) is 10.6. The van der Waals surface area contributed by atoms with Crippen LogP contribution in [0.4, 0.5) is 0 Å². The van der Waals surface area contributed by atoms with Gasteiger partial charge in [-0.05, 0) is 37.6 Å². The van der Waals surface area contributed by atoms with Crippen LogP contribution in [0.25, 0.3) is 6.08 Å². The van der Waals surface area contributed by atoms with E-state index in [1.807, 2.05) is 13.8 Å². The SMILES string of the molecule is CCOC(OC)Oc1ccc(C=CC(=O)N2CCSC2=S)cc1OC(OC)OCC. The van der Waals surface area contributed by atoms with Crippen LogP contribution in [-0.4, -0.2) is 67.8 Å². The Bertz CT molecular complexity index is 744. The summed E-state index contributed by atoms with van der Waals surface area (Å²) in [5.41, 5.74) is 0.722. The molecule has 1 aliphatic rings. The van der Waals surface area contributed by atoms with E-state index >= 15 is 0 Å². The van der Waals surface area contributed by atoms with Gasteiger partial charge in [0.25, 0.3) is 5.91 Å². The third kappa shape index (κ3) is 7.22. The quantitative estimate of drug-likeness (QED) is 0.267. The van der Waals surface area contributed by atoms with Gasteiger partial charge in [0, 0.05) is 32.6 Å². The second kappa shape index (κ2) is 12.9. The van der Waals surface area contributed by atoms with Gasteiger partial charge in [0.1, 0.15) is 4.32 Å². The number of nitrogens with zero attached hydrogens (tertiary/aromatic N) is 1. The molecular formula is C20H27NO7S2. The summed E-state index contributed by atoms with van der Waals surface area (Å²) >= 11 is 6.69. The second-order valence-electron chi connectivity index (χ2n) is 5.84. The number of methoxy groups -OCH3 is 2. The van der Waals surface area contributed by atoms with Gasteiger partial charge in [-0.2, -0.15) is 0 Å². The molecule has 30 heavy (non-hydrogen) atoms. The minimum absolute atomic E-state index is 0.160. The Morgan fingerprint density at radius 1 is 1.13 bits per heavy atom. The van der Waals surface area contributed by atoms with E-state index in [0.29, 0.717) is 35.6 Å². The second-order valence-corrected chi connectivity index (χ2v) is 7.57. The van der Waals surface area contributed by atoms with Crippen molar-refractivity contribution >= 4 is 40.3 Å². The summed E-state index contributed by atoms with van der Waals surface area (Å²) in [5, 5.41) is 0. The van der Waals surface area contributed by atoms with Crippen LogP contribution in [0.3, 0.4) is 0 Å². The van der Waals surface area contributed by atoms with E-state index in [0.717, 1.165) is 11.3 Å². The minimum atomic E-state index is -0.926. The summed E-state index contributed by atoms with van der Waals surface area (Å²) < 4.78 is 33.2. The van der Waals surface area contributed by atoms with Crippen molar-refractivity contribution < 1.29 is 33.2 Å². The van der Waals surface area contributed by atoms with E-state index in [9.17, 15) is 4.79 Å². The summed E-state index contributed by atoms with van der Waals surface area (Å²) in [6.07, 6.45) is 3.16. The molecule has 0 saturated carbocycles. The van der Waals surface area contributed by atoms with Crippen molar-refractivity contribution in [3.8, 4) is 11.5 Å². The number of thiocarbonyl (C=S) groups is 1. The molecule has 1 amide bonds. The molecule has 0 spiro atoms. The van der Waals surface area contributed by atoms with E-state index in [-0.39, 0.29) is 5.91 Å². The first-order chi connectivity index (χ1) is 14.5. The van der Waals surface area contributed by atoms with Crippen LogP contribution < -0.4 is 9.47 Å². The molecule has 1 aromatic carbocycles. The molecule has 1 heterocycles. The van der Waals surface area contributed by atoms with Crippen LogP contribution in [0, 0.1) is 0 Å². The van der Waals surface area contributed by atoms with Crippen LogP contribution in [0.15, 0.2) is 24.3 Å². The van der Waals surface area contributed by atoms with E-state index in [4.69, 9.17) is 40.6 Å². The summed E-state index contributed by atoms with van der Waals surface area (Å²) in [7, 11) is 2.95. The summed E-state index contributed by atoms with van der Waals surface area (Å²) in [4.78, 5) is 13.9. The third-order valence-electron chi connectivity index (χ3n) is 3.85. The molecule has 10 heteroatoms. The molecule has 1 fully saturated rings. The molecule has 8 nitrogen and oxygen atoms in total. The molecule has 166 valence electrons. The molecular weight excluding hydrogens is 430 g/mol. The number of carbonyl (C=O) groups excluding carboxylic acids is 1. The normalized spacial score (nSPS) is 16.1. The van der Waals surface area contributed by atoms with E-state index in [1.165, 1.54) is 32.1 Å². The lowest BCUT2D eigenvalue weighted by Gasteiger charge is -2.22. The van der Waals surface area contributed by atoms with E-state index in [1.54, 1.807) is 29.2 Å². The predicted octanol–water partition coefficient (Wildman–Crippen LogP) is 3.25. The molecule has 0 N–H and O–H groups in total. The molecule has 1 aliphatic heterocycles. The van der Waals surface area contributed by atoms with Crippen LogP contribution in [0.5, 0.6) is 11.5 Å². The minimum Gasteiger partial charge on any atom is -0.437 e. The average molecular weight is 458 g/mol. The monoisotopic (exact) mass is 457 g/mol. The molecule has 0 aliphatic carbocycles. The molecule has 1 saturated heterocycles. The van der Waals surface area contributed by atoms with Crippen molar-refractivity contribution in [3.05, 3.63) is 29.8 Å². The van der Waals surface area contributed by atoms with Gasteiger partial charge in [0.2, 0.25) is 0 Å². The molecule has 0 radical (unpaired) electrons. The molecule has 0 bridgehead atoms. The van der Waals surface area contributed by atoms with Crippen molar-refractivity contribution in [2.45, 2.75) is 26.8 Å². The molecule has 2 atom stereocenters. The zero-order valence-corrected chi connectivity index (χ0v) is 19.1. The van der Waals surface area contributed by atoms with Crippen molar-refractivity contribution in [3.63, 3.8) is 0 Å². The summed E-state index contributed by atoms with van der Waals surface area (Å²) in [6.45, 7) is 3.26. The van der Waals surface area contributed by atoms with Gasteiger partial charge in [0.15, 0.2) is 11.5 Å². The molecule has 1 aromatic rings. The van der Waals surface area contributed by atoms with Crippen molar-refractivity contribution in [1.82, 2.24) is 4.90 Å². The number of hydrogen-bond donors (Lipinski definition) is 0. The molecule has 2 rings (SSSR count). The van der Waals surface area contributed by atoms with Crippen molar-refractivity contribution in [1.29, 1.82) is 0 Å². The first kappa shape index (κ1) is 24.6. The Morgan fingerprint density at radius 2 is 1.77 bits per heavy atom. The smallest absolute Gasteiger partial charge is 0.315 e. The van der Waals surface area contributed by atoms with Gasteiger partial charge < -0.3 is 28.4 Å². The van der Waals surface area contributed by atoms with Gasteiger partial charge in [-0.3, -0.25) is 9.69 Å². The lowest BCUT2D eigenvalue weighted by molar-refractivity contribution is -0.241. The lowest BCUT2D eigenvalue weighted by atomic mass is 10.2. The van der Waals surface area contributed by atoms with Crippen molar-refractivity contribution in [2.24, 2.45) is 0 Å². The highest BCUT2D eigenvalue weighted by Crippen LogP contribution is 2.31. The van der Waals surface area contributed by atoms with Crippen LogP contribution >= 0.6 is 24.0 Å². The predicted molar refractivity (Wildman–Crippen MR) is 118 cm³/mol. The van der Waals surface area contributed by atoms with Gasteiger partial charge in [-0.15, -0.1) is 0 Å². The largest absolute Gasteiger partial charge is 0.437 e. The number of carbonyl (C=O) groups is 1. The fourth-order valence-electron chi connectivity index (χ4n) is 2.45. The van der Waals surface area contributed by atoms with Gasteiger partial charge in [-0.25, -0.2) is 0 Å². The average Bonchev–Trinajstić information content (AvgIpc) is 3.18. The fourth-order valence-corrected chi connectivity index (χ4v) is 3.67. The number of ether oxygens (including phenoxy) is 6. The maximum atomic E-state index is 12.4. The number of benzene rings is 1. The number of thioether (sulfide) groups is 1. The fraction of sp³-hybridized carbons (Fsp3) is 0.500.